The van der Waals surface area contributed by atoms with E-state index in [0.717, 1.165) is 29.4 Å². The summed E-state index contributed by atoms with van der Waals surface area (Å²) in [5.41, 5.74) is 3.93. The van der Waals surface area contributed by atoms with Gasteiger partial charge in [0.25, 0.3) is 0 Å². The van der Waals surface area contributed by atoms with Crippen LogP contribution in [-0.2, 0) is 21.2 Å². The Labute approximate surface area is 156 Å². The van der Waals surface area contributed by atoms with Crippen LogP contribution in [0.3, 0.4) is 0 Å². The van der Waals surface area contributed by atoms with Gasteiger partial charge in [0, 0.05) is 12.2 Å². The number of anilines is 1. The molecule has 0 aliphatic carbocycles. The van der Waals surface area contributed by atoms with Gasteiger partial charge in [-0.2, -0.15) is 4.31 Å². The lowest BCUT2D eigenvalue weighted by molar-refractivity contribution is -0.116. The van der Waals surface area contributed by atoms with Crippen molar-refractivity contribution >= 4 is 21.6 Å². The first-order valence-corrected chi connectivity index (χ1v) is 10.5. The average molecular weight is 375 g/mol. The molecule has 2 rings (SSSR count). The number of nitrogens with one attached hydrogen (secondary N) is 1. The minimum absolute atomic E-state index is 0.180. The van der Waals surface area contributed by atoms with Crippen LogP contribution in [0.2, 0.25) is 0 Å². The molecule has 2 aromatic rings. The average Bonchev–Trinajstić information content (AvgIpc) is 2.58. The first-order valence-electron chi connectivity index (χ1n) is 8.62. The molecule has 0 fully saturated rings. The standard InChI is InChI=1S/C20H26N2O3S/c1-16-9-7-13-19(17(16)2)21-20(23)15-22(26(3,24)25)14-8-12-18-10-5-4-6-11-18/h4-7,9-11,13H,8,12,14-15H2,1-3H3,(H,21,23). The highest BCUT2D eigenvalue weighted by molar-refractivity contribution is 7.88. The van der Waals surface area contributed by atoms with Crippen molar-refractivity contribution in [2.75, 3.05) is 24.7 Å². The molecule has 0 aliphatic heterocycles. The number of amides is 1. The number of nitrogens with zero attached hydrogens (tertiary/aromatic N) is 1. The second-order valence-electron chi connectivity index (χ2n) is 6.48. The summed E-state index contributed by atoms with van der Waals surface area (Å²) in [5, 5.41) is 2.82. The predicted molar refractivity (Wildman–Crippen MR) is 106 cm³/mol. The first-order chi connectivity index (χ1) is 12.3. The van der Waals surface area contributed by atoms with E-state index >= 15 is 0 Å². The van der Waals surface area contributed by atoms with Crippen molar-refractivity contribution in [3.05, 3.63) is 65.2 Å². The topological polar surface area (TPSA) is 66.5 Å². The van der Waals surface area contributed by atoms with Crippen molar-refractivity contribution in [2.45, 2.75) is 26.7 Å². The number of carbonyl (C=O) groups excluding carboxylic acids is 1. The Hall–Kier alpha value is -2.18. The Morgan fingerprint density at radius 3 is 2.38 bits per heavy atom. The molecule has 26 heavy (non-hydrogen) atoms. The normalized spacial score (nSPS) is 11.5. The quantitative estimate of drug-likeness (QED) is 0.772. The van der Waals surface area contributed by atoms with E-state index in [4.69, 9.17) is 0 Å². The third-order valence-corrected chi connectivity index (χ3v) is 5.63. The van der Waals surface area contributed by atoms with Crippen LogP contribution in [0.25, 0.3) is 0 Å². The molecular weight excluding hydrogens is 348 g/mol. The van der Waals surface area contributed by atoms with Crippen molar-refractivity contribution in [2.24, 2.45) is 0 Å². The van der Waals surface area contributed by atoms with Gasteiger partial charge in [-0.05, 0) is 49.4 Å². The maximum atomic E-state index is 12.3. The summed E-state index contributed by atoms with van der Waals surface area (Å²) >= 11 is 0. The number of hydrogen-bond acceptors (Lipinski definition) is 3. The van der Waals surface area contributed by atoms with Crippen molar-refractivity contribution < 1.29 is 13.2 Å². The molecule has 0 heterocycles. The molecule has 0 saturated heterocycles. The van der Waals surface area contributed by atoms with E-state index in [1.165, 1.54) is 4.31 Å². The monoisotopic (exact) mass is 374 g/mol. The van der Waals surface area contributed by atoms with E-state index in [9.17, 15) is 13.2 Å². The van der Waals surface area contributed by atoms with Crippen molar-refractivity contribution in [3.63, 3.8) is 0 Å². The largest absolute Gasteiger partial charge is 0.325 e. The fraction of sp³-hybridized carbons (Fsp3) is 0.350. The van der Waals surface area contributed by atoms with Crippen LogP contribution in [0.5, 0.6) is 0 Å². The van der Waals surface area contributed by atoms with Gasteiger partial charge in [0.05, 0.1) is 12.8 Å². The fourth-order valence-corrected chi connectivity index (χ4v) is 3.52. The van der Waals surface area contributed by atoms with E-state index in [0.29, 0.717) is 18.7 Å². The van der Waals surface area contributed by atoms with Crippen LogP contribution in [0.4, 0.5) is 5.69 Å². The van der Waals surface area contributed by atoms with Gasteiger partial charge in [0.1, 0.15) is 0 Å². The number of aryl methyl sites for hydroxylation is 2. The summed E-state index contributed by atoms with van der Waals surface area (Å²) in [4.78, 5) is 12.3. The second kappa shape index (κ2) is 8.96. The highest BCUT2D eigenvalue weighted by Gasteiger charge is 2.20. The molecule has 140 valence electrons. The van der Waals surface area contributed by atoms with Gasteiger partial charge in [-0.25, -0.2) is 8.42 Å². The Balaban J connectivity index is 1.96. The second-order valence-corrected chi connectivity index (χ2v) is 8.46. The highest BCUT2D eigenvalue weighted by Crippen LogP contribution is 2.18. The van der Waals surface area contributed by atoms with Gasteiger partial charge in [-0.1, -0.05) is 42.5 Å². The Morgan fingerprint density at radius 1 is 1.04 bits per heavy atom. The molecule has 0 atom stereocenters. The zero-order valence-corrected chi connectivity index (χ0v) is 16.3. The maximum absolute atomic E-state index is 12.3. The predicted octanol–water partition coefficient (Wildman–Crippen LogP) is 3.14. The first kappa shape index (κ1) is 20.1. The summed E-state index contributed by atoms with van der Waals surface area (Å²) in [7, 11) is -3.45. The molecule has 1 N–H and O–H groups in total. The minimum Gasteiger partial charge on any atom is -0.325 e. The molecule has 6 heteroatoms. The lowest BCUT2D eigenvalue weighted by atomic mass is 10.1. The molecule has 2 aromatic carbocycles. The van der Waals surface area contributed by atoms with Crippen LogP contribution in [0.15, 0.2) is 48.5 Å². The third kappa shape index (κ3) is 5.97. The Morgan fingerprint density at radius 2 is 1.73 bits per heavy atom. The van der Waals surface area contributed by atoms with Crippen LogP contribution in [0.1, 0.15) is 23.1 Å². The molecule has 0 bridgehead atoms. The fourth-order valence-electron chi connectivity index (χ4n) is 2.70. The number of hydrogen-bond donors (Lipinski definition) is 1. The summed E-state index contributed by atoms with van der Waals surface area (Å²) in [6, 6.07) is 15.5. The van der Waals surface area contributed by atoms with E-state index in [1.807, 2.05) is 62.4 Å². The van der Waals surface area contributed by atoms with Gasteiger partial charge < -0.3 is 5.32 Å². The highest BCUT2D eigenvalue weighted by atomic mass is 32.2. The van der Waals surface area contributed by atoms with Crippen LogP contribution in [-0.4, -0.2) is 38.0 Å². The number of sulfonamides is 1. The van der Waals surface area contributed by atoms with Gasteiger partial charge in [0.2, 0.25) is 15.9 Å². The van der Waals surface area contributed by atoms with E-state index in [1.54, 1.807) is 0 Å². The Bertz CT molecular complexity index is 849. The van der Waals surface area contributed by atoms with Crippen LogP contribution >= 0.6 is 0 Å². The smallest absolute Gasteiger partial charge is 0.239 e. The van der Waals surface area contributed by atoms with Crippen LogP contribution < -0.4 is 5.32 Å². The lowest BCUT2D eigenvalue weighted by Crippen LogP contribution is -2.38. The van der Waals surface area contributed by atoms with Crippen molar-refractivity contribution in [1.29, 1.82) is 0 Å². The van der Waals surface area contributed by atoms with Crippen molar-refractivity contribution in [1.82, 2.24) is 4.31 Å². The lowest BCUT2D eigenvalue weighted by Gasteiger charge is -2.20. The summed E-state index contributed by atoms with van der Waals surface area (Å²) < 4.78 is 25.3. The van der Waals surface area contributed by atoms with E-state index in [2.05, 4.69) is 5.32 Å². The minimum atomic E-state index is -3.45. The third-order valence-electron chi connectivity index (χ3n) is 4.38. The molecule has 0 spiro atoms. The summed E-state index contributed by atoms with van der Waals surface area (Å²) in [6.07, 6.45) is 2.57. The van der Waals surface area contributed by atoms with Crippen molar-refractivity contribution in [3.8, 4) is 0 Å². The van der Waals surface area contributed by atoms with Gasteiger partial charge in [0.15, 0.2) is 0 Å². The van der Waals surface area contributed by atoms with E-state index in [-0.39, 0.29) is 12.5 Å². The number of carbonyl (C=O) groups is 1. The molecule has 1 amide bonds. The summed E-state index contributed by atoms with van der Waals surface area (Å²) in [5.74, 6) is -0.330. The molecule has 0 radical (unpaired) electrons. The van der Waals surface area contributed by atoms with Gasteiger partial charge in [-0.15, -0.1) is 0 Å². The molecule has 0 saturated carbocycles. The van der Waals surface area contributed by atoms with E-state index < -0.39 is 10.0 Å². The van der Waals surface area contributed by atoms with Crippen LogP contribution in [0, 0.1) is 13.8 Å². The van der Waals surface area contributed by atoms with Gasteiger partial charge >= 0.3 is 0 Å². The van der Waals surface area contributed by atoms with Gasteiger partial charge in [-0.3, -0.25) is 4.79 Å². The summed E-state index contributed by atoms with van der Waals surface area (Å²) in [6.45, 7) is 4.03. The Kier molecular flexibility index (Phi) is 6.94. The number of rotatable bonds is 8. The number of benzene rings is 2. The zero-order chi connectivity index (χ0) is 19.2. The maximum Gasteiger partial charge on any atom is 0.239 e. The molecule has 0 unspecified atom stereocenters. The molecule has 0 aliphatic rings. The molecular formula is C20H26N2O3S. The molecule has 0 aromatic heterocycles. The zero-order valence-electron chi connectivity index (χ0n) is 15.5. The molecule has 5 nitrogen and oxygen atoms in total. The SMILES string of the molecule is Cc1cccc(NC(=O)CN(CCCc2ccccc2)S(C)(=O)=O)c1C.